The molecule has 4 rings (SSSR count). The number of carbonyl (C=O) groups is 2. The Morgan fingerprint density at radius 2 is 1.43 bits per heavy atom. The smallest absolute Gasteiger partial charge is 0.286 e. The van der Waals surface area contributed by atoms with Gasteiger partial charge in [-0.1, -0.05) is 24.3 Å². The fraction of sp³-hybridized carbons (Fsp3) is 0.240. The van der Waals surface area contributed by atoms with Crippen molar-refractivity contribution in [2.24, 2.45) is 11.1 Å². The Morgan fingerprint density at radius 3 is 1.83 bits per heavy atom. The SMILES string of the molecule is COc1ccc(C2C(C#N)=C(N)C(C#N)(C#N)C(c3ccc(OC)cc3)C23SC(=O)NC3=O)cc1. The zero-order chi connectivity index (χ0) is 25.4. The van der Waals surface area contributed by atoms with Crippen LogP contribution >= 0.6 is 11.8 Å². The van der Waals surface area contributed by atoms with E-state index >= 15 is 0 Å². The number of nitrogens with zero attached hydrogens (tertiary/aromatic N) is 3. The summed E-state index contributed by atoms with van der Waals surface area (Å²) in [6, 6.07) is 19.2. The van der Waals surface area contributed by atoms with Gasteiger partial charge in [0, 0.05) is 11.8 Å². The van der Waals surface area contributed by atoms with Gasteiger partial charge in [0.2, 0.25) is 5.91 Å². The number of methoxy groups -OCH3 is 2. The van der Waals surface area contributed by atoms with E-state index in [4.69, 9.17) is 15.2 Å². The highest BCUT2D eigenvalue weighted by molar-refractivity contribution is 8.16. The Hall–Kier alpha value is -4.46. The summed E-state index contributed by atoms with van der Waals surface area (Å²) in [5, 5.41) is 32.5. The van der Waals surface area contributed by atoms with Gasteiger partial charge in [-0.15, -0.1) is 0 Å². The largest absolute Gasteiger partial charge is 0.497 e. The minimum Gasteiger partial charge on any atom is -0.497 e. The summed E-state index contributed by atoms with van der Waals surface area (Å²) in [6.07, 6.45) is 0. The Kier molecular flexibility index (Phi) is 5.90. The molecule has 35 heavy (non-hydrogen) atoms. The standard InChI is InChI=1S/C25H19N5O4S/c1-33-16-7-3-14(4-8-16)19-18(11-26)21(29)24(12-27,13-28)20(15-5-9-17(34-2)10-6-15)25(19)22(31)30-23(32)35-25/h3-10,19-20H,29H2,1-2H3,(H,30,31,32). The van der Waals surface area contributed by atoms with Crippen molar-refractivity contribution in [1.29, 1.82) is 15.8 Å². The van der Waals surface area contributed by atoms with Gasteiger partial charge in [-0.2, -0.15) is 15.8 Å². The molecule has 3 unspecified atom stereocenters. The van der Waals surface area contributed by atoms with E-state index in [1.165, 1.54) is 14.2 Å². The number of rotatable bonds is 4. The van der Waals surface area contributed by atoms with Gasteiger partial charge in [-0.3, -0.25) is 14.9 Å². The van der Waals surface area contributed by atoms with Crippen LogP contribution in [-0.2, 0) is 4.79 Å². The third-order valence-electron chi connectivity index (χ3n) is 6.50. The minimum absolute atomic E-state index is 0.111. The predicted molar refractivity (Wildman–Crippen MR) is 126 cm³/mol. The highest BCUT2D eigenvalue weighted by Gasteiger charge is 2.70. The lowest BCUT2D eigenvalue weighted by Gasteiger charge is -2.49. The van der Waals surface area contributed by atoms with Gasteiger partial charge in [0.15, 0.2) is 5.41 Å². The number of imide groups is 1. The lowest BCUT2D eigenvalue weighted by atomic mass is 9.55. The van der Waals surface area contributed by atoms with E-state index in [0.29, 0.717) is 34.4 Å². The molecule has 3 atom stereocenters. The van der Waals surface area contributed by atoms with Gasteiger partial charge in [-0.25, -0.2) is 0 Å². The minimum atomic E-state index is -2.10. The van der Waals surface area contributed by atoms with Crippen LogP contribution in [0.3, 0.4) is 0 Å². The summed E-state index contributed by atoms with van der Waals surface area (Å²) in [5.41, 5.74) is 4.90. The Balaban J connectivity index is 2.13. The number of allylic oxidation sites excluding steroid dienone is 2. The Morgan fingerprint density at radius 1 is 0.914 bits per heavy atom. The van der Waals surface area contributed by atoms with E-state index in [0.717, 1.165) is 0 Å². The summed E-state index contributed by atoms with van der Waals surface area (Å²) >= 11 is 0.672. The Labute approximate surface area is 205 Å². The molecule has 1 heterocycles. The number of nitrogens with one attached hydrogen (secondary N) is 1. The van der Waals surface area contributed by atoms with Crippen LogP contribution in [0.15, 0.2) is 59.8 Å². The van der Waals surface area contributed by atoms with Crippen LogP contribution < -0.4 is 20.5 Å². The van der Waals surface area contributed by atoms with Crippen molar-refractivity contribution in [3.63, 3.8) is 0 Å². The third-order valence-corrected chi connectivity index (χ3v) is 7.78. The first kappa shape index (κ1) is 23.7. The molecule has 1 aliphatic heterocycles. The van der Waals surface area contributed by atoms with E-state index < -0.39 is 33.1 Å². The summed E-state index contributed by atoms with van der Waals surface area (Å²) in [6.45, 7) is 0. The van der Waals surface area contributed by atoms with Gasteiger partial charge in [0.1, 0.15) is 16.2 Å². The van der Waals surface area contributed by atoms with Crippen LogP contribution in [0.5, 0.6) is 11.5 Å². The fourth-order valence-electron chi connectivity index (χ4n) is 4.93. The van der Waals surface area contributed by atoms with Gasteiger partial charge in [0.25, 0.3) is 5.24 Å². The van der Waals surface area contributed by atoms with E-state index in [9.17, 15) is 25.4 Å². The second kappa shape index (κ2) is 8.72. The summed E-state index contributed by atoms with van der Waals surface area (Å²) in [5.74, 6) is -1.87. The Bertz CT molecular complexity index is 1350. The van der Waals surface area contributed by atoms with Crippen LogP contribution in [-0.4, -0.2) is 30.1 Å². The molecule has 0 aromatic heterocycles. The number of benzene rings is 2. The molecule has 1 spiro atoms. The molecular weight excluding hydrogens is 466 g/mol. The van der Waals surface area contributed by atoms with Crippen LogP contribution in [0, 0.1) is 39.4 Å². The van der Waals surface area contributed by atoms with Gasteiger partial charge in [0.05, 0.1) is 43.7 Å². The molecule has 0 bridgehead atoms. The van der Waals surface area contributed by atoms with Crippen LogP contribution in [0.2, 0.25) is 0 Å². The number of hydrogen-bond acceptors (Lipinski definition) is 9. The van der Waals surface area contributed by atoms with E-state index in [-0.39, 0.29) is 11.3 Å². The molecule has 2 aliphatic rings. The normalized spacial score (nSPS) is 24.8. The number of carbonyl (C=O) groups excluding carboxylic acids is 2. The van der Waals surface area contributed by atoms with Crippen LogP contribution in [0.25, 0.3) is 0 Å². The first-order valence-corrected chi connectivity index (χ1v) is 11.2. The molecule has 1 aliphatic carbocycles. The number of hydrogen-bond donors (Lipinski definition) is 2. The maximum absolute atomic E-state index is 13.7. The van der Waals surface area contributed by atoms with E-state index in [1.807, 2.05) is 18.2 Å². The quantitative estimate of drug-likeness (QED) is 0.662. The van der Waals surface area contributed by atoms with Crippen molar-refractivity contribution in [3.05, 3.63) is 70.9 Å². The van der Waals surface area contributed by atoms with Crippen molar-refractivity contribution < 1.29 is 19.1 Å². The molecule has 2 aromatic carbocycles. The van der Waals surface area contributed by atoms with Gasteiger partial charge >= 0.3 is 0 Å². The number of ether oxygens (including phenoxy) is 2. The molecule has 10 heteroatoms. The van der Waals surface area contributed by atoms with Crippen molar-refractivity contribution >= 4 is 22.9 Å². The topological polar surface area (TPSA) is 162 Å². The number of nitriles is 3. The number of nitrogens with two attached hydrogens (primary N) is 1. The maximum Gasteiger partial charge on any atom is 0.286 e. The highest BCUT2D eigenvalue weighted by Crippen LogP contribution is 2.65. The zero-order valence-electron chi connectivity index (χ0n) is 18.7. The second-order valence-corrected chi connectivity index (χ2v) is 9.27. The highest BCUT2D eigenvalue weighted by atomic mass is 32.2. The number of amides is 2. The summed E-state index contributed by atoms with van der Waals surface area (Å²) in [7, 11) is 2.99. The lowest BCUT2D eigenvalue weighted by molar-refractivity contribution is -0.123. The van der Waals surface area contributed by atoms with Crippen molar-refractivity contribution in [2.45, 2.75) is 16.6 Å². The average molecular weight is 486 g/mol. The lowest BCUT2D eigenvalue weighted by Crippen LogP contribution is -2.57. The first-order chi connectivity index (χ1) is 16.8. The van der Waals surface area contributed by atoms with Crippen LogP contribution in [0.1, 0.15) is 23.0 Å². The molecule has 0 radical (unpaired) electrons. The fourth-order valence-corrected chi connectivity index (χ4v) is 6.32. The molecule has 1 saturated heterocycles. The molecule has 1 fully saturated rings. The first-order valence-electron chi connectivity index (χ1n) is 10.4. The van der Waals surface area contributed by atoms with Crippen molar-refractivity contribution in [2.75, 3.05) is 14.2 Å². The second-order valence-electron chi connectivity index (χ2n) is 8.02. The van der Waals surface area contributed by atoms with Gasteiger partial charge < -0.3 is 15.2 Å². The third kappa shape index (κ3) is 3.29. The van der Waals surface area contributed by atoms with Gasteiger partial charge in [-0.05, 0) is 47.2 Å². The molecule has 2 aromatic rings. The molecular formula is C25H19N5O4S. The predicted octanol–water partition coefficient (Wildman–Crippen LogP) is 3.08. The van der Waals surface area contributed by atoms with Crippen molar-refractivity contribution in [1.82, 2.24) is 5.32 Å². The monoisotopic (exact) mass is 485 g/mol. The molecule has 2 amide bonds. The van der Waals surface area contributed by atoms with Crippen LogP contribution in [0.4, 0.5) is 4.79 Å². The molecule has 3 N–H and O–H groups in total. The molecule has 174 valence electrons. The number of thioether (sulfide) groups is 1. The zero-order valence-corrected chi connectivity index (χ0v) is 19.6. The summed E-state index contributed by atoms with van der Waals surface area (Å²) < 4.78 is 8.70. The summed E-state index contributed by atoms with van der Waals surface area (Å²) in [4.78, 5) is 26.3. The molecule has 9 nitrogen and oxygen atoms in total. The molecule has 0 saturated carbocycles. The van der Waals surface area contributed by atoms with Crippen molar-refractivity contribution in [3.8, 4) is 29.7 Å². The van der Waals surface area contributed by atoms with E-state index in [1.54, 1.807) is 48.5 Å². The average Bonchev–Trinajstić information content (AvgIpc) is 3.18. The van der Waals surface area contributed by atoms with E-state index in [2.05, 4.69) is 5.32 Å². The maximum atomic E-state index is 13.7.